The number of carboxylic acids is 1. The number of aryl methyl sites for hydroxylation is 1. The van der Waals surface area contributed by atoms with Gasteiger partial charge in [0.1, 0.15) is 6.23 Å². The number of anilines is 1. The SMILES string of the molecule is CC[C@@H]1OC[C@@H](O)Nc2ccc(CCC(=O)O)cc21. The Morgan fingerprint density at radius 3 is 3.00 bits per heavy atom. The summed E-state index contributed by atoms with van der Waals surface area (Å²) in [5.74, 6) is -0.799. The first-order valence-electron chi connectivity index (χ1n) is 6.51. The molecule has 1 heterocycles. The summed E-state index contributed by atoms with van der Waals surface area (Å²) in [4.78, 5) is 10.6. The highest BCUT2D eigenvalue weighted by Gasteiger charge is 2.21. The van der Waals surface area contributed by atoms with Crippen LogP contribution in [0.5, 0.6) is 0 Å². The van der Waals surface area contributed by atoms with Crippen LogP contribution in [0.2, 0.25) is 0 Å². The maximum Gasteiger partial charge on any atom is 0.303 e. The molecule has 1 aliphatic rings. The molecule has 0 fully saturated rings. The summed E-state index contributed by atoms with van der Waals surface area (Å²) in [6.07, 6.45) is 0.655. The van der Waals surface area contributed by atoms with Crippen molar-refractivity contribution in [3.05, 3.63) is 29.3 Å². The van der Waals surface area contributed by atoms with Crippen LogP contribution in [-0.4, -0.2) is 29.0 Å². The first-order chi connectivity index (χ1) is 9.10. The minimum absolute atomic E-state index is 0.0653. The number of benzene rings is 1. The van der Waals surface area contributed by atoms with Gasteiger partial charge in [0, 0.05) is 17.7 Å². The second kappa shape index (κ2) is 6.04. The van der Waals surface area contributed by atoms with Crippen LogP contribution in [0.25, 0.3) is 0 Å². The minimum Gasteiger partial charge on any atom is -0.481 e. The van der Waals surface area contributed by atoms with Gasteiger partial charge in [0.2, 0.25) is 0 Å². The molecule has 0 aliphatic carbocycles. The van der Waals surface area contributed by atoms with Crippen molar-refractivity contribution in [1.82, 2.24) is 0 Å². The van der Waals surface area contributed by atoms with Crippen LogP contribution in [0.3, 0.4) is 0 Å². The third kappa shape index (κ3) is 3.45. The molecule has 19 heavy (non-hydrogen) atoms. The number of aliphatic hydroxyl groups is 1. The standard InChI is InChI=1S/C14H19NO4/c1-2-12-10-7-9(4-6-14(17)18)3-5-11(10)15-13(16)8-19-12/h3,5,7,12-13,15-16H,2,4,6,8H2,1H3,(H,17,18)/t12-,13+/m0/s1. The van der Waals surface area contributed by atoms with Gasteiger partial charge >= 0.3 is 5.97 Å². The van der Waals surface area contributed by atoms with Crippen LogP contribution in [0, 0.1) is 0 Å². The third-order valence-corrected chi connectivity index (χ3v) is 3.24. The molecule has 2 rings (SSSR count). The second-order valence-corrected chi connectivity index (χ2v) is 4.71. The summed E-state index contributed by atoms with van der Waals surface area (Å²) >= 11 is 0. The average molecular weight is 265 g/mol. The Morgan fingerprint density at radius 1 is 1.53 bits per heavy atom. The average Bonchev–Trinajstić information content (AvgIpc) is 2.54. The largest absolute Gasteiger partial charge is 0.481 e. The molecule has 0 saturated carbocycles. The number of rotatable bonds is 4. The number of carbonyl (C=O) groups is 1. The van der Waals surface area contributed by atoms with Gasteiger partial charge in [0.25, 0.3) is 0 Å². The molecular formula is C14H19NO4. The van der Waals surface area contributed by atoms with Gasteiger partial charge in [-0.05, 0) is 24.5 Å². The molecule has 104 valence electrons. The van der Waals surface area contributed by atoms with Crippen molar-refractivity contribution >= 4 is 11.7 Å². The number of hydrogen-bond donors (Lipinski definition) is 3. The molecule has 3 N–H and O–H groups in total. The summed E-state index contributed by atoms with van der Waals surface area (Å²) in [5, 5.41) is 21.4. The zero-order valence-electron chi connectivity index (χ0n) is 10.9. The zero-order chi connectivity index (χ0) is 13.8. The summed E-state index contributed by atoms with van der Waals surface area (Å²) in [6.45, 7) is 2.27. The predicted octanol–water partition coefficient (Wildman–Crippen LogP) is 1.92. The van der Waals surface area contributed by atoms with Crippen molar-refractivity contribution < 1.29 is 19.7 Å². The van der Waals surface area contributed by atoms with Crippen LogP contribution < -0.4 is 5.32 Å². The van der Waals surface area contributed by atoms with E-state index in [0.29, 0.717) is 6.42 Å². The summed E-state index contributed by atoms with van der Waals surface area (Å²) in [6, 6.07) is 5.74. The van der Waals surface area contributed by atoms with Crippen molar-refractivity contribution in [2.24, 2.45) is 0 Å². The second-order valence-electron chi connectivity index (χ2n) is 4.71. The van der Waals surface area contributed by atoms with E-state index in [0.717, 1.165) is 23.2 Å². The van der Waals surface area contributed by atoms with E-state index >= 15 is 0 Å². The predicted molar refractivity (Wildman–Crippen MR) is 71.0 cm³/mol. The molecule has 5 heteroatoms. The van der Waals surface area contributed by atoms with Crippen molar-refractivity contribution in [3.63, 3.8) is 0 Å². The Bertz CT molecular complexity index is 461. The quantitative estimate of drug-likeness (QED) is 0.775. The minimum atomic E-state index is -0.799. The molecule has 5 nitrogen and oxygen atoms in total. The highest BCUT2D eigenvalue weighted by atomic mass is 16.5. The molecule has 2 atom stereocenters. The Kier molecular flexibility index (Phi) is 4.39. The highest BCUT2D eigenvalue weighted by Crippen LogP contribution is 2.32. The van der Waals surface area contributed by atoms with Crippen LogP contribution in [0.1, 0.15) is 37.0 Å². The van der Waals surface area contributed by atoms with Gasteiger partial charge < -0.3 is 20.3 Å². The Morgan fingerprint density at radius 2 is 2.32 bits per heavy atom. The maximum absolute atomic E-state index is 10.6. The molecule has 1 aromatic carbocycles. The van der Waals surface area contributed by atoms with E-state index in [-0.39, 0.29) is 19.1 Å². The van der Waals surface area contributed by atoms with Gasteiger partial charge in [0.15, 0.2) is 0 Å². The van der Waals surface area contributed by atoms with Gasteiger partial charge in [-0.25, -0.2) is 0 Å². The lowest BCUT2D eigenvalue weighted by molar-refractivity contribution is -0.136. The first-order valence-corrected chi connectivity index (χ1v) is 6.51. The van der Waals surface area contributed by atoms with Crippen molar-refractivity contribution in [2.75, 3.05) is 11.9 Å². The number of aliphatic hydroxyl groups excluding tert-OH is 1. The van der Waals surface area contributed by atoms with Crippen molar-refractivity contribution in [3.8, 4) is 0 Å². The molecule has 0 unspecified atom stereocenters. The fraction of sp³-hybridized carbons (Fsp3) is 0.500. The number of aliphatic carboxylic acids is 1. The lowest BCUT2D eigenvalue weighted by Crippen LogP contribution is -2.22. The summed E-state index contributed by atoms with van der Waals surface area (Å²) < 4.78 is 5.64. The molecule has 0 aromatic heterocycles. The number of hydrogen-bond acceptors (Lipinski definition) is 4. The fourth-order valence-electron chi connectivity index (χ4n) is 2.27. The van der Waals surface area contributed by atoms with Crippen molar-refractivity contribution in [1.29, 1.82) is 0 Å². The number of ether oxygens (including phenoxy) is 1. The van der Waals surface area contributed by atoms with Gasteiger partial charge in [-0.2, -0.15) is 0 Å². The maximum atomic E-state index is 10.6. The van der Waals surface area contributed by atoms with E-state index in [1.807, 2.05) is 25.1 Å². The van der Waals surface area contributed by atoms with Gasteiger partial charge in [0.05, 0.1) is 12.7 Å². The first kappa shape index (κ1) is 13.8. The van der Waals surface area contributed by atoms with Crippen molar-refractivity contribution in [2.45, 2.75) is 38.5 Å². The topological polar surface area (TPSA) is 78.8 Å². The molecule has 0 saturated heterocycles. The monoisotopic (exact) mass is 265 g/mol. The van der Waals surface area contributed by atoms with Crippen LogP contribution in [-0.2, 0) is 16.0 Å². The van der Waals surface area contributed by atoms with E-state index < -0.39 is 12.2 Å². The van der Waals surface area contributed by atoms with Gasteiger partial charge in [-0.1, -0.05) is 19.1 Å². The van der Waals surface area contributed by atoms with Crippen LogP contribution in [0.15, 0.2) is 18.2 Å². The molecule has 0 bridgehead atoms. The van der Waals surface area contributed by atoms with E-state index in [4.69, 9.17) is 9.84 Å². The number of fused-ring (bicyclic) bond motifs is 1. The molecule has 1 aliphatic heterocycles. The smallest absolute Gasteiger partial charge is 0.303 e. The zero-order valence-corrected chi connectivity index (χ0v) is 10.9. The lowest BCUT2D eigenvalue weighted by Gasteiger charge is -2.16. The van der Waals surface area contributed by atoms with Crippen LogP contribution in [0.4, 0.5) is 5.69 Å². The molecule has 0 radical (unpaired) electrons. The molecule has 0 spiro atoms. The van der Waals surface area contributed by atoms with E-state index in [2.05, 4.69) is 5.32 Å². The number of nitrogens with one attached hydrogen (secondary N) is 1. The Labute approximate surface area is 112 Å². The molecule has 0 amide bonds. The third-order valence-electron chi connectivity index (χ3n) is 3.24. The Balaban J connectivity index is 2.24. The van der Waals surface area contributed by atoms with Crippen LogP contribution >= 0.6 is 0 Å². The van der Waals surface area contributed by atoms with E-state index in [9.17, 15) is 9.90 Å². The summed E-state index contributed by atoms with van der Waals surface area (Å²) in [5.41, 5.74) is 2.82. The molecular weight excluding hydrogens is 246 g/mol. The lowest BCUT2D eigenvalue weighted by atomic mass is 9.99. The fourth-order valence-corrected chi connectivity index (χ4v) is 2.27. The normalized spacial score (nSPS) is 22.2. The molecule has 1 aromatic rings. The van der Waals surface area contributed by atoms with Gasteiger partial charge in [-0.15, -0.1) is 0 Å². The van der Waals surface area contributed by atoms with Gasteiger partial charge in [-0.3, -0.25) is 4.79 Å². The van der Waals surface area contributed by atoms with E-state index in [1.54, 1.807) is 0 Å². The highest BCUT2D eigenvalue weighted by molar-refractivity contribution is 5.67. The summed E-state index contributed by atoms with van der Waals surface area (Å²) in [7, 11) is 0. The van der Waals surface area contributed by atoms with E-state index in [1.165, 1.54) is 0 Å². The Hall–Kier alpha value is -1.59. The number of carboxylic acid groups (broad SMARTS) is 1.